The normalized spacial score (nSPS) is 16.6. The Balaban J connectivity index is 1.85. The number of nitrogens with zero attached hydrogens (tertiary/aromatic N) is 1. The molecule has 0 bridgehead atoms. The molecule has 1 fully saturated rings. The van der Waals surface area contributed by atoms with E-state index in [0.29, 0.717) is 10.8 Å². The summed E-state index contributed by atoms with van der Waals surface area (Å²) in [5.74, 6) is 1.25. The van der Waals surface area contributed by atoms with E-state index in [9.17, 15) is 4.39 Å². The lowest BCUT2D eigenvalue weighted by molar-refractivity contribution is 0.362. The number of nitrogens with one attached hydrogen (secondary N) is 1. The van der Waals surface area contributed by atoms with Crippen molar-refractivity contribution in [1.29, 1.82) is 0 Å². The van der Waals surface area contributed by atoms with Gasteiger partial charge >= 0.3 is 0 Å². The number of anilines is 1. The summed E-state index contributed by atoms with van der Waals surface area (Å²) in [5, 5.41) is 3.54. The molecule has 6 heteroatoms. The summed E-state index contributed by atoms with van der Waals surface area (Å²) in [7, 11) is 3.29. The van der Waals surface area contributed by atoms with Crippen LogP contribution in [0.5, 0.6) is 11.5 Å². The number of para-hydroxylation sites is 1. The highest BCUT2D eigenvalue weighted by Gasteiger charge is 2.30. The van der Waals surface area contributed by atoms with Gasteiger partial charge in [-0.15, -0.1) is 0 Å². The van der Waals surface area contributed by atoms with E-state index in [-0.39, 0.29) is 11.9 Å². The van der Waals surface area contributed by atoms with E-state index in [1.165, 1.54) is 6.07 Å². The third-order valence-electron chi connectivity index (χ3n) is 4.42. The number of hydrogen-bond donors (Lipinski definition) is 1. The number of hydrogen-bond acceptors (Lipinski definition) is 3. The molecule has 0 unspecified atom stereocenters. The molecule has 0 aliphatic carbocycles. The van der Waals surface area contributed by atoms with Crippen LogP contribution in [-0.4, -0.2) is 30.8 Å². The van der Waals surface area contributed by atoms with Gasteiger partial charge in [0.25, 0.3) is 0 Å². The molecule has 1 saturated heterocycles. The quantitative estimate of drug-likeness (QED) is 0.819. The van der Waals surface area contributed by atoms with Crippen LogP contribution < -0.4 is 14.8 Å². The predicted molar refractivity (Wildman–Crippen MR) is 101 cm³/mol. The molecular formula is C19H21FN2O2S. The topological polar surface area (TPSA) is 33.7 Å². The summed E-state index contributed by atoms with van der Waals surface area (Å²) in [6.07, 6.45) is 1.95. The summed E-state index contributed by atoms with van der Waals surface area (Å²) in [5.41, 5.74) is 1.41. The van der Waals surface area contributed by atoms with Crippen molar-refractivity contribution in [3.8, 4) is 11.5 Å². The van der Waals surface area contributed by atoms with Crippen LogP contribution in [-0.2, 0) is 0 Å². The monoisotopic (exact) mass is 360 g/mol. The van der Waals surface area contributed by atoms with Gasteiger partial charge in [-0.1, -0.05) is 12.1 Å². The fourth-order valence-corrected chi connectivity index (χ4v) is 3.51. The number of rotatable bonds is 4. The van der Waals surface area contributed by atoms with Gasteiger partial charge in [0.2, 0.25) is 0 Å². The highest BCUT2D eigenvalue weighted by atomic mass is 32.1. The van der Waals surface area contributed by atoms with Crippen LogP contribution in [0.2, 0.25) is 0 Å². The van der Waals surface area contributed by atoms with Gasteiger partial charge < -0.3 is 19.7 Å². The van der Waals surface area contributed by atoms with Crippen molar-refractivity contribution in [3.05, 3.63) is 53.8 Å². The first-order chi connectivity index (χ1) is 12.1. The molecule has 1 aliphatic heterocycles. The number of methoxy groups -OCH3 is 2. The van der Waals surface area contributed by atoms with Gasteiger partial charge in [-0.05, 0) is 55.4 Å². The van der Waals surface area contributed by atoms with Gasteiger partial charge in [0.15, 0.2) is 5.11 Å². The first-order valence-corrected chi connectivity index (χ1v) is 8.59. The van der Waals surface area contributed by atoms with Gasteiger partial charge in [0.1, 0.15) is 17.3 Å². The van der Waals surface area contributed by atoms with Gasteiger partial charge in [-0.25, -0.2) is 4.39 Å². The van der Waals surface area contributed by atoms with E-state index in [1.807, 2.05) is 18.2 Å². The van der Waals surface area contributed by atoms with E-state index in [1.54, 1.807) is 32.4 Å². The molecule has 0 saturated carbocycles. The van der Waals surface area contributed by atoms with E-state index in [0.717, 1.165) is 36.4 Å². The molecule has 2 aromatic carbocycles. The summed E-state index contributed by atoms with van der Waals surface area (Å²) < 4.78 is 24.8. The van der Waals surface area contributed by atoms with E-state index >= 15 is 0 Å². The summed E-state index contributed by atoms with van der Waals surface area (Å²) in [6.45, 7) is 0.811. The molecule has 3 rings (SSSR count). The Bertz CT molecular complexity index is 769. The van der Waals surface area contributed by atoms with Crippen LogP contribution in [0.3, 0.4) is 0 Å². The summed E-state index contributed by atoms with van der Waals surface area (Å²) in [4.78, 5) is 2.08. The first kappa shape index (κ1) is 17.5. The smallest absolute Gasteiger partial charge is 0.174 e. The largest absolute Gasteiger partial charge is 0.497 e. The second-order valence-electron chi connectivity index (χ2n) is 5.87. The van der Waals surface area contributed by atoms with Crippen LogP contribution in [0.1, 0.15) is 24.4 Å². The molecular weight excluding hydrogens is 339 g/mol. The molecule has 0 amide bonds. The molecule has 0 radical (unpaired) electrons. The zero-order chi connectivity index (χ0) is 17.8. The van der Waals surface area contributed by atoms with E-state index in [4.69, 9.17) is 21.7 Å². The highest BCUT2D eigenvalue weighted by molar-refractivity contribution is 7.80. The third-order valence-corrected chi connectivity index (χ3v) is 4.76. The average molecular weight is 360 g/mol. The molecule has 0 aromatic heterocycles. The number of ether oxygens (including phenoxy) is 2. The summed E-state index contributed by atoms with van der Waals surface area (Å²) >= 11 is 5.55. The number of benzene rings is 2. The highest BCUT2D eigenvalue weighted by Crippen LogP contribution is 2.39. The standard InChI is InChI=1S/C19H21FN2O2S/c1-23-13-9-10-18(24-2)14(12-13)17-8-5-11-22(17)19(25)21-16-7-4-3-6-15(16)20/h3-4,6-7,9-10,12,17H,5,8,11H2,1-2H3,(H,21,25)/t17-/m1/s1. The Morgan fingerprint density at radius 2 is 2.00 bits per heavy atom. The lowest BCUT2D eigenvalue weighted by Gasteiger charge is -2.29. The van der Waals surface area contributed by atoms with Crippen molar-refractivity contribution in [2.45, 2.75) is 18.9 Å². The van der Waals surface area contributed by atoms with Crippen molar-refractivity contribution in [2.75, 3.05) is 26.1 Å². The lowest BCUT2D eigenvalue weighted by Crippen LogP contribution is -2.34. The average Bonchev–Trinajstić information content (AvgIpc) is 3.12. The van der Waals surface area contributed by atoms with Crippen LogP contribution in [0.4, 0.5) is 10.1 Å². The fourth-order valence-electron chi connectivity index (χ4n) is 3.18. The van der Waals surface area contributed by atoms with Gasteiger partial charge in [-0.3, -0.25) is 0 Å². The number of thiocarbonyl (C=S) groups is 1. The van der Waals surface area contributed by atoms with Gasteiger partial charge in [0.05, 0.1) is 25.9 Å². The second-order valence-corrected chi connectivity index (χ2v) is 6.26. The van der Waals surface area contributed by atoms with Crippen molar-refractivity contribution in [2.24, 2.45) is 0 Å². The lowest BCUT2D eigenvalue weighted by atomic mass is 10.0. The third kappa shape index (κ3) is 3.69. The number of halogens is 1. The molecule has 1 heterocycles. The van der Waals surface area contributed by atoms with E-state index in [2.05, 4.69) is 10.2 Å². The second kappa shape index (κ2) is 7.70. The van der Waals surface area contributed by atoms with Crippen molar-refractivity contribution in [1.82, 2.24) is 4.90 Å². The minimum atomic E-state index is -0.320. The predicted octanol–water partition coefficient (Wildman–Crippen LogP) is 4.38. The summed E-state index contributed by atoms with van der Waals surface area (Å²) in [6, 6.07) is 12.3. The maximum absolute atomic E-state index is 13.9. The molecule has 132 valence electrons. The molecule has 1 N–H and O–H groups in total. The van der Waals surface area contributed by atoms with Gasteiger partial charge in [-0.2, -0.15) is 0 Å². The Morgan fingerprint density at radius 3 is 2.72 bits per heavy atom. The van der Waals surface area contributed by atoms with Crippen LogP contribution in [0, 0.1) is 5.82 Å². The zero-order valence-corrected chi connectivity index (χ0v) is 15.1. The SMILES string of the molecule is COc1ccc(OC)c([C@H]2CCCN2C(=S)Nc2ccccc2F)c1. The molecule has 2 aromatic rings. The first-order valence-electron chi connectivity index (χ1n) is 8.18. The fraction of sp³-hybridized carbons (Fsp3) is 0.316. The van der Waals surface area contributed by atoms with E-state index < -0.39 is 0 Å². The molecule has 25 heavy (non-hydrogen) atoms. The van der Waals surface area contributed by atoms with Crippen molar-refractivity contribution >= 4 is 23.0 Å². The molecule has 1 aliphatic rings. The molecule has 4 nitrogen and oxygen atoms in total. The van der Waals surface area contributed by atoms with Crippen LogP contribution in [0.25, 0.3) is 0 Å². The van der Waals surface area contributed by atoms with Crippen molar-refractivity contribution in [3.63, 3.8) is 0 Å². The maximum Gasteiger partial charge on any atom is 0.174 e. The number of likely N-dealkylation sites (tertiary alicyclic amines) is 1. The maximum atomic E-state index is 13.9. The van der Waals surface area contributed by atoms with Crippen LogP contribution >= 0.6 is 12.2 Å². The minimum Gasteiger partial charge on any atom is -0.497 e. The molecule has 1 atom stereocenters. The zero-order valence-electron chi connectivity index (χ0n) is 14.3. The Morgan fingerprint density at radius 1 is 1.20 bits per heavy atom. The van der Waals surface area contributed by atoms with Crippen LogP contribution in [0.15, 0.2) is 42.5 Å². The Hall–Kier alpha value is -2.34. The van der Waals surface area contributed by atoms with Gasteiger partial charge in [0, 0.05) is 12.1 Å². The Kier molecular flexibility index (Phi) is 5.38. The Labute approximate surface area is 152 Å². The van der Waals surface area contributed by atoms with Crippen molar-refractivity contribution < 1.29 is 13.9 Å². The molecule has 0 spiro atoms. The minimum absolute atomic E-state index is 0.0665.